The summed E-state index contributed by atoms with van der Waals surface area (Å²) in [7, 11) is 0. The Balaban J connectivity index is 2.06. The zero-order chi connectivity index (χ0) is 13.9. The predicted molar refractivity (Wildman–Crippen MR) is 74.1 cm³/mol. The number of hydrogen-bond acceptors (Lipinski definition) is 1. The van der Waals surface area contributed by atoms with E-state index < -0.39 is 11.6 Å². The molecule has 1 fully saturated rings. The second kappa shape index (κ2) is 6.00. The van der Waals surface area contributed by atoms with Gasteiger partial charge >= 0.3 is 0 Å². The smallest absolute Gasteiger partial charge is 0.126 e. The van der Waals surface area contributed by atoms with Gasteiger partial charge in [-0.25, -0.2) is 8.78 Å². The highest BCUT2D eigenvalue weighted by Gasteiger charge is 2.41. The second-order valence-electron chi connectivity index (χ2n) is 6.06. The van der Waals surface area contributed by atoms with Crippen molar-refractivity contribution in [1.29, 1.82) is 0 Å². The van der Waals surface area contributed by atoms with Gasteiger partial charge in [0, 0.05) is 12.6 Å². The molecular weight excluding hydrogens is 244 g/mol. The highest BCUT2D eigenvalue weighted by atomic mass is 19.1. The van der Waals surface area contributed by atoms with Gasteiger partial charge in [0.1, 0.15) is 11.6 Å². The maximum atomic E-state index is 13.3. The molecule has 0 spiro atoms. The van der Waals surface area contributed by atoms with Crippen molar-refractivity contribution in [2.45, 2.75) is 39.5 Å². The van der Waals surface area contributed by atoms with Crippen LogP contribution in [-0.2, 0) is 6.42 Å². The molecule has 0 bridgehead atoms. The Kier molecular flexibility index (Phi) is 4.56. The number of rotatable bonds is 7. The molecule has 1 saturated carbocycles. The molecule has 0 amide bonds. The van der Waals surface area contributed by atoms with Crippen molar-refractivity contribution in [3.8, 4) is 0 Å². The molecule has 1 unspecified atom stereocenters. The first kappa shape index (κ1) is 14.4. The van der Waals surface area contributed by atoms with E-state index in [-0.39, 0.29) is 5.41 Å². The fourth-order valence-electron chi connectivity index (χ4n) is 2.86. The number of benzene rings is 1. The maximum absolute atomic E-state index is 13.3. The van der Waals surface area contributed by atoms with Crippen LogP contribution < -0.4 is 5.32 Å². The molecule has 1 aromatic rings. The predicted octanol–water partition coefficient (Wildman–Crippen LogP) is 3.92. The molecule has 19 heavy (non-hydrogen) atoms. The Morgan fingerprint density at radius 3 is 2.37 bits per heavy atom. The first-order valence-electron chi connectivity index (χ1n) is 7.19. The van der Waals surface area contributed by atoms with Gasteiger partial charge in [0.05, 0.1) is 0 Å². The number of halogens is 2. The SMILES string of the molecule is CCCNCC(C)(Cc1cc(F)cc(F)c1)C1CC1. The normalized spacial score (nSPS) is 18.3. The molecule has 106 valence electrons. The van der Waals surface area contributed by atoms with Gasteiger partial charge in [-0.3, -0.25) is 0 Å². The fourth-order valence-corrected chi connectivity index (χ4v) is 2.86. The van der Waals surface area contributed by atoms with Crippen molar-refractivity contribution < 1.29 is 8.78 Å². The summed E-state index contributed by atoms with van der Waals surface area (Å²) in [6, 6.07) is 3.86. The Hall–Kier alpha value is -0.960. The van der Waals surface area contributed by atoms with Crippen LogP contribution in [0.1, 0.15) is 38.7 Å². The van der Waals surface area contributed by atoms with Crippen molar-refractivity contribution in [3.05, 3.63) is 35.4 Å². The van der Waals surface area contributed by atoms with Crippen LogP contribution in [0, 0.1) is 23.0 Å². The Morgan fingerprint density at radius 1 is 1.21 bits per heavy atom. The summed E-state index contributed by atoms with van der Waals surface area (Å²) in [4.78, 5) is 0. The van der Waals surface area contributed by atoms with Crippen LogP contribution >= 0.6 is 0 Å². The summed E-state index contributed by atoms with van der Waals surface area (Å²) in [5.74, 6) is -0.271. The van der Waals surface area contributed by atoms with Crippen LogP contribution in [0.15, 0.2) is 18.2 Å². The molecule has 1 aliphatic carbocycles. The number of hydrogen-bond donors (Lipinski definition) is 1. The summed E-state index contributed by atoms with van der Waals surface area (Å²) in [5.41, 5.74) is 0.875. The summed E-state index contributed by atoms with van der Waals surface area (Å²) >= 11 is 0. The highest BCUT2D eigenvalue weighted by molar-refractivity contribution is 5.20. The maximum Gasteiger partial charge on any atom is 0.126 e. The minimum absolute atomic E-state index is 0.107. The first-order chi connectivity index (χ1) is 9.03. The van der Waals surface area contributed by atoms with E-state index in [4.69, 9.17) is 0 Å². The Morgan fingerprint density at radius 2 is 1.84 bits per heavy atom. The van der Waals surface area contributed by atoms with E-state index in [9.17, 15) is 8.78 Å². The molecule has 3 heteroatoms. The molecule has 1 aromatic carbocycles. The van der Waals surface area contributed by atoms with Gasteiger partial charge in [-0.2, -0.15) is 0 Å². The average Bonchev–Trinajstić information content (AvgIpc) is 3.11. The second-order valence-corrected chi connectivity index (χ2v) is 6.06. The Labute approximate surface area is 114 Å². The highest BCUT2D eigenvalue weighted by Crippen LogP contribution is 2.47. The molecule has 0 saturated heterocycles. The van der Waals surface area contributed by atoms with Crippen molar-refractivity contribution in [2.75, 3.05) is 13.1 Å². The van der Waals surface area contributed by atoms with Gasteiger partial charge in [-0.05, 0) is 61.3 Å². The zero-order valence-corrected chi connectivity index (χ0v) is 11.8. The van der Waals surface area contributed by atoms with Crippen LogP contribution in [0.25, 0.3) is 0 Å². The van der Waals surface area contributed by atoms with Crippen LogP contribution in [0.4, 0.5) is 8.78 Å². The lowest BCUT2D eigenvalue weighted by Gasteiger charge is -2.30. The van der Waals surface area contributed by atoms with Crippen LogP contribution in [0.3, 0.4) is 0 Å². The summed E-state index contributed by atoms with van der Waals surface area (Å²) in [5, 5.41) is 3.46. The van der Waals surface area contributed by atoms with E-state index in [0.717, 1.165) is 37.6 Å². The average molecular weight is 267 g/mol. The molecule has 0 heterocycles. The monoisotopic (exact) mass is 267 g/mol. The van der Waals surface area contributed by atoms with Gasteiger partial charge < -0.3 is 5.32 Å². The van der Waals surface area contributed by atoms with Gasteiger partial charge in [0.25, 0.3) is 0 Å². The van der Waals surface area contributed by atoms with E-state index in [1.54, 1.807) is 0 Å². The molecule has 1 atom stereocenters. The molecule has 1 nitrogen and oxygen atoms in total. The van der Waals surface area contributed by atoms with Gasteiger partial charge in [-0.15, -0.1) is 0 Å². The Bertz CT molecular complexity index is 409. The van der Waals surface area contributed by atoms with Crippen LogP contribution in [0.5, 0.6) is 0 Å². The minimum atomic E-state index is -0.477. The quantitative estimate of drug-likeness (QED) is 0.738. The topological polar surface area (TPSA) is 12.0 Å². The molecule has 2 rings (SSSR count). The molecule has 0 aliphatic heterocycles. The first-order valence-corrected chi connectivity index (χ1v) is 7.19. The third-order valence-corrected chi connectivity index (χ3v) is 4.05. The molecular formula is C16H23F2N. The fraction of sp³-hybridized carbons (Fsp3) is 0.625. The third kappa shape index (κ3) is 4.00. The van der Waals surface area contributed by atoms with Crippen molar-refractivity contribution in [1.82, 2.24) is 5.32 Å². The molecule has 1 N–H and O–H groups in total. The molecule has 0 radical (unpaired) electrons. The molecule has 0 aromatic heterocycles. The van der Waals surface area contributed by atoms with Crippen LogP contribution in [0.2, 0.25) is 0 Å². The standard InChI is InChI=1S/C16H23F2N/c1-3-6-19-11-16(2,13-4-5-13)10-12-7-14(17)9-15(18)8-12/h7-9,13,19H,3-6,10-11H2,1-2H3. The lowest BCUT2D eigenvalue weighted by Crippen LogP contribution is -2.36. The summed E-state index contributed by atoms with van der Waals surface area (Å²) in [6.07, 6.45) is 4.32. The lowest BCUT2D eigenvalue weighted by molar-refractivity contribution is 0.255. The van der Waals surface area contributed by atoms with Gasteiger partial charge in [0.2, 0.25) is 0 Å². The van der Waals surface area contributed by atoms with E-state index in [1.807, 2.05) is 0 Å². The van der Waals surface area contributed by atoms with Crippen molar-refractivity contribution in [2.24, 2.45) is 11.3 Å². The van der Waals surface area contributed by atoms with E-state index >= 15 is 0 Å². The van der Waals surface area contributed by atoms with Crippen molar-refractivity contribution in [3.63, 3.8) is 0 Å². The largest absolute Gasteiger partial charge is 0.316 e. The zero-order valence-electron chi connectivity index (χ0n) is 11.8. The van der Waals surface area contributed by atoms with Crippen molar-refractivity contribution >= 4 is 0 Å². The lowest BCUT2D eigenvalue weighted by atomic mass is 9.78. The van der Waals surface area contributed by atoms with Gasteiger partial charge in [0.15, 0.2) is 0 Å². The number of nitrogens with one attached hydrogen (secondary N) is 1. The van der Waals surface area contributed by atoms with E-state index in [1.165, 1.54) is 25.0 Å². The third-order valence-electron chi connectivity index (χ3n) is 4.05. The van der Waals surface area contributed by atoms with E-state index in [2.05, 4.69) is 19.2 Å². The summed E-state index contributed by atoms with van der Waals surface area (Å²) in [6.45, 7) is 6.29. The minimum Gasteiger partial charge on any atom is -0.316 e. The van der Waals surface area contributed by atoms with Gasteiger partial charge in [-0.1, -0.05) is 13.8 Å². The summed E-state index contributed by atoms with van der Waals surface area (Å²) < 4.78 is 26.5. The van der Waals surface area contributed by atoms with E-state index in [0.29, 0.717) is 5.92 Å². The van der Waals surface area contributed by atoms with Crippen LogP contribution in [-0.4, -0.2) is 13.1 Å². The molecule has 1 aliphatic rings.